The molecule has 0 aromatic rings. The molecule has 2 heterocycles. The molecule has 0 N–H and O–H groups in total. The van der Waals surface area contributed by atoms with Gasteiger partial charge in [0, 0.05) is 32.8 Å². The third kappa shape index (κ3) is 7.29. The van der Waals surface area contributed by atoms with Crippen molar-refractivity contribution in [3.63, 3.8) is 0 Å². The molecular formula is C22H44N4O2. The van der Waals surface area contributed by atoms with Gasteiger partial charge in [0.2, 0.25) is 5.91 Å². The normalized spacial score (nSPS) is 22.2. The Morgan fingerprint density at radius 3 is 2.36 bits per heavy atom. The predicted molar refractivity (Wildman–Crippen MR) is 116 cm³/mol. The maximum Gasteiger partial charge on any atom is 0.236 e. The molecule has 0 aliphatic carbocycles. The van der Waals surface area contributed by atoms with Crippen molar-refractivity contribution < 1.29 is 9.53 Å². The van der Waals surface area contributed by atoms with E-state index in [0.29, 0.717) is 24.4 Å². The van der Waals surface area contributed by atoms with Gasteiger partial charge < -0.3 is 14.5 Å². The molecule has 0 aromatic heterocycles. The molecule has 2 aliphatic heterocycles. The van der Waals surface area contributed by atoms with E-state index in [9.17, 15) is 4.79 Å². The smallest absolute Gasteiger partial charge is 0.236 e. The molecule has 2 aliphatic rings. The first-order valence-electron chi connectivity index (χ1n) is 11.6. The molecule has 1 atom stereocenters. The minimum absolute atomic E-state index is 0.327. The summed E-state index contributed by atoms with van der Waals surface area (Å²) >= 11 is 0. The van der Waals surface area contributed by atoms with Crippen LogP contribution in [0.3, 0.4) is 0 Å². The number of likely N-dealkylation sites (N-methyl/N-ethyl adjacent to an activating group) is 2. The van der Waals surface area contributed by atoms with E-state index in [4.69, 9.17) is 4.74 Å². The lowest BCUT2D eigenvalue weighted by Crippen LogP contribution is -2.49. The van der Waals surface area contributed by atoms with Gasteiger partial charge in [-0.3, -0.25) is 14.6 Å². The van der Waals surface area contributed by atoms with Gasteiger partial charge in [0.25, 0.3) is 0 Å². The van der Waals surface area contributed by atoms with Crippen LogP contribution in [-0.4, -0.2) is 111 Å². The summed E-state index contributed by atoms with van der Waals surface area (Å²) < 4.78 is 5.22. The first kappa shape index (κ1) is 23.6. The largest absolute Gasteiger partial charge is 0.383 e. The fourth-order valence-electron chi connectivity index (χ4n) is 4.71. The lowest BCUT2D eigenvalue weighted by molar-refractivity contribution is -0.134. The van der Waals surface area contributed by atoms with E-state index >= 15 is 0 Å². The Balaban J connectivity index is 1.93. The number of rotatable bonds is 12. The van der Waals surface area contributed by atoms with Crippen LogP contribution in [-0.2, 0) is 9.53 Å². The molecule has 0 saturated carbocycles. The number of amides is 1. The van der Waals surface area contributed by atoms with E-state index in [1.807, 2.05) is 0 Å². The van der Waals surface area contributed by atoms with Gasteiger partial charge in [0.15, 0.2) is 0 Å². The molecule has 2 saturated heterocycles. The van der Waals surface area contributed by atoms with Crippen LogP contribution in [0.1, 0.15) is 46.5 Å². The van der Waals surface area contributed by atoms with Crippen LogP contribution >= 0.6 is 0 Å². The minimum Gasteiger partial charge on any atom is -0.383 e. The molecule has 164 valence electrons. The maximum atomic E-state index is 13.2. The number of carbonyl (C=O) groups is 1. The van der Waals surface area contributed by atoms with E-state index in [1.54, 1.807) is 7.11 Å². The number of ether oxygens (including phenoxy) is 1. The minimum atomic E-state index is 0.327. The van der Waals surface area contributed by atoms with E-state index < -0.39 is 0 Å². The molecule has 1 amide bonds. The van der Waals surface area contributed by atoms with Gasteiger partial charge in [-0.05, 0) is 70.9 Å². The lowest BCUT2D eigenvalue weighted by Gasteiger charge is -2.37. The Labute approximate surface area is 173 Å². The van der Waals surface area contributed by atoms with Crippen molar-refractivity contribution in [1.29, 1.82) is 0 Å². The summed E-state index contributed by atoms with van der Waals surface area (Å²) in [5, 5.41) is 0. The van der Waals surface area contributed by atoms with Crippen LogP contribution in [0.25, 0.3) is 0 Å². The van der Waals surface area contributed by atoms with E-state index in [0.717, 1.165) is 59.0 Å². The molecule has 2 fully saturated rings. The molecular weight excluding hydrogens is 352 g/mol. The highest BCUT2D eigenvalue weighted by Gasteiger charge is 2.30. The summed E-state index contributed by atoms with van der Waals surface area (Å²) in [6, 6.07) is 0.549. The number of piperidine rings is 1. The highest BCUT2D eigenvalue weighted by Crippen LogP contribution is 2.22. The highest BCUT2D eigenvalue weighted by molar-refractivity contribution is 5.78. The SMILES string of the molecule is CCN(CC)CC(=O)N(CC1CCN(CCOC)CC1)CC1CCCN1CC. The third-order valence-corrected chi connectivity index (χ3v) is 6.74. The number of nitrogens with zero attached hydrogens (tertiary/aromatic N) is 4. The van der Waals surface area contributed by atoms with Crippen LogP contribution in [0.2, 0.25) is 0 Å². The van der Waals surface area contributed by atoms with Crippen molar-refractivity contribution in [2.45, 2.75) is 52.5 Å². The molecule has 2 rings (SSSR count). The first-order valence-corrected chi connectivity index (χ1v) is 11.6. The monoisotopic (exact) mass is 396 g/mol. The van der Waals surface area contributed by atoms with E-state index in [1.165, 1.54) is 32.2 Å². The number of carbonyl (C=O) groups excluding carboxylic acids is 1. The Morgan fingerprint density at radius 1 is 1.04 bits per heavy atom. The second kappa shape index (κ2) is 12.8. The van der Waals surface area contributed by atoms with Crippen molar-refractivity contribution in [3.8, 4) is 0 Å². The van der Waals surface area contributed by atoms with Crippen molar-refractivity contribution in [2.75, 3.05) is 79.2 Å². The van der Waals surface area contributed by atoms with Gasteiger partial charge in [-0.15, -0.1) is 0 Å². The van der Waals surface area contributed by atoms with Crippen molar-refractivity contribution in [2.24, 2.45) is 5.92 Å². The number of hydrogen-bond acceptors (Lipinski definition) is 5. The van der Waals surface area contributed by atoms with Crippen molar-refractivity contribution in [3.05, 3.63) is 0 Å². The Hall–Kier alpha value is -0.690. The Kier molecular flexibility index (Phi) is 10.8. The van der Waals surface area contributed by atoms with Crippen LogP contribution in [0, 0.1) is 5.92 Å². The molecule has 6 nitrogen and oxygen atoms in total. The first-order chi connectivity index (χ1) is 13.6. The van der Waals surface area contributed by atoms with Crippen LogP contribution in [0.15, 0.2) is 0 Å². The Bertz CT molecular complexity index is 436. The second-order valence-electron chi connectivity index (χ2n) is 8.46. The fraction of sp³-hybridized carbons (Fsp3) is 0.955. The summed E-state index contributed by atoms with van der Waals surface area (Å²) in [6.45, 7) is 17.2. The average molecular weight is 397 g/mol. The summed E-state index contributed by atoms with van der Waals surface area (Å²) in [7, 11) is 1.77. The summed E-state index contributed by atoms with van der Waals surface area (Å²) in [4.78, 5) is 22.7. The zero-order valence-corrected chi connectivity index (χ0v) is 18.9. The molecule has 0 bridgehead atoms. The van der Waals surface area contributed by atoms with Gasteiger partial charge in [-0.25, -0.2) is 0 Å². The topological polar surface area (TPSA) is 39.3 Å². The Morgan fingerprint density at radius 2 is 1.75 bits per heavy atom. The molecule has 0 spiro atoms. The van der Waals surface area contributed by atoms with Crippen LogP contribution in [0.4, 0.5) is 0 Å². The van der Waals surface area contributed by atoms with Gasteiger partial charge in [0.1, 0.15) is 0 Å². The van der Waals surface area contributed by atoms with E-state index in [2.05, 4.69) is 40.4 Å². The van der Waals surface area contributed by atoms with Crippen molar-refractivity contribution in [1.82, 2.24) is 19.6 Å². The number of hydrogen-bond donors (Lipinski definition) is 0. The van der Waals surface area contributed by atoms with Gasteiger partial charge in [0.05, 0.1) is 13.2 Å². The van der Waals surface area contributed by atoms with Crippen LogP contribution < -0.4 is 0 Å². The third-order valence-electron chi connectivity index (χ3n) is 6.74. The standard InChI is InChI=1S/C22H44N4O2/c1-5-23(6-2)19-22(27)26(18-21-9-8-12-25(21)7-3)17-20-10-13-24(14-11-20)15-16-28-4/h20-21H,5-19H2,1-4H3. The average Bonchev–Trinajstić information content (AvgIpc) is 3.18. The van der Waals surface area contributed by atoms with Crippen molar-refractivity contribution >= 4 is 5.91 Å². The predicted octanol–water partition coefficient (Wildman–Crippen LogP) is 2.00. The van der Waals surface area contributed by atoms with E-state index in [-0.39, 0.29) is 0 Å². The maximum absolute atomic E-state index is 13.2. The molecule has 0 aromatic carbocycles. The quantitative estimate of drug-likeness (QED) is 0.505. The highest BCUT2D eigenvalue weighted by atomic mass is 16.5. The fourth-order valence-corrected chi connectivity index (χ4v) is 4.71. The van der Waals surface area contributed by atoms with Gasteiger partial charge >= 0.3 is 0 Å². The summed E-state index contributed by atoms with van der Waals surface area (Å²) in [6.07, 6.45) is 4.90. The molecule has 6 heteroatoms. The molecule has 28 heavy (non-hydrogen) atoms. The van der Waals surface area contributed by atoms with Gasteiger partial charge in [-0.2, -0.15) is 0 Å². The zero-order valence-electron chi connectivity index (χ0n) is 18.9. The van der Waals surface area contributed by atoms with Crippen LogP contribution in [0.5, 0.6) is 0 Å². The number of methoxy groups -OCH3 is 1. The molecule has 0 radical (unpaired) electrons. The molecule has 1 unspecified atom stereocenters. The van der Waals surface area contributed by atoms with Gasteiger partial charge in [-0.1, -0.05) is 20.8 Å². The summed E-state index contributed by atoms with van der Waals surface area (Å²) in [5.41, 5.74) is 0. The second-order valence-corrected chi connectivity index (χ2v) is 8.46. The summed E-state index contributed by atoms with van der Waals surface area (Å²) in [5.74, 6) is 0.962. The number of likely N-dealkylation sites (tertiary alicyclic amines) is 2. The lowest BCUT2D eigenvalue weighted by atomic mass is 9.95. The zero-order chi connectivity index (χ0) is 20.4.